The zero-order chi connectivity index (χ0) is 15.8. The van der Waals surface area contributed by atoms with Crippen molar-refractivity contribution in [1.29, 1.82) is 0 Å². The van der Waals surface area contributed by atoms with Crippen LogP contribution in [0.5, 0.6) is 5.88 Å². The van der Waals surface area contributed by atoms with E-state index in [1.165, 1.54) is 11.3 Å². The molecule has 0 fully saturated rings. The van der Waals surface area contributed by atoms with Gasteiger partial charge in [0.2, 0.25) is 5.88 Å². The second kappa shape index (κ2) is 8.51. The summed E-state index contributed by atoms with van der Waals surface area (Å²) >= 11 is 1.46. The minimum absolute atomic E-state index is 0.0569. The van der Waals surface area contributed by atoms with Gasteiger partial charge in [0.05, 0.1) is 11.5 Å². The first-order valence-electron chi connectivity index (χ1n) is 7.16. The Bertz CT molecular complexity index is 613. The summed E-state index contributed by atoms with van der Waals surface area (Å²) in [6, 6.07) is 5.71. The van der Waals surface area contributed by atoms with E-state index in [9.17, 15) is 4.79 Å². The van der Waals surface area contributed by atoms with Gasteiger partial charge >= 0.3 is 0 Å². The van der Waals surface area contributed by atoms with E-state index < -0.39 is 0 Å². The number of amides is 1. The molecule has 0 atom stereocenters. The van der Waals surface area contributed by atoms with Gasteiger partial charge in [0, 0.05) is 25.4 Å². The van der Waals surface area contributed by atoms with Gasteiger partial charge in [-0.2, -0.15) is 0 Å². The molecule has 2 rings (SSSR count). The summed E-state index contributed by atoms with van der Waals surface area (Å²) in [5.74, 6) is 0.472. The quantitative estimate of drug-likeness (QED) is 0.760. The van der Waals surface area contributed by atoms with E-state index in [0.717, 1.165) is 22.4 Å². The third-order valence-electron chi connectivity index (χ3n) is 3.15. The fourth-order valence-electron chi connectivity index (χ4n) is 1.98. The number of hydrogen-bond acceptors (Lipinski definition) is 5. The van der Waals surface area contributed by atoms with E-state index in [2.05, 4.69) is 10.3 Å². The van der Waals surface area contributed by atoms with Crippen LogP contribution in [0.25, 0.3) is 0 Å². The smallest absolute Gasteiger partial charge is 0.261 e. The van der Waals surface area contributed by atoms with Crippen LogP contribution in [-0.2, 0) is 17.7 Å². The lowest BCUT2D eigenvalue weighted by Gasteiger charge is -2.10. The maximum absolute atomic E-state index is 12.2. The molecule has 118 valence electrons. The summed E-state index contributed by atoms with van der Waals surface area (Å²) in [5.41, 5.74) is 1.92. The SMILES string of the molecule is CCc1ccsc1C(=O)NCc1cccnc1OCCOC. The summed E-state index contributed by atoms with van der Waals surface area (Å²) in [4.78, 5) is 17.2. The van der Waals surface area contributed by atoms with Crippen LogP contribution < -0.4 is 10.1 Å². The van der Waals surface area contributed by atoms with Crippen molar-refractivity contribution in [2.24, 2.45) is 0 Å². The molecule has 0 spiro atoms. The summed E-state index contributed by atoms with van der Waals surface area (Å²) < 4.78 is 10.5. The number of carbonyl (C=O) groups is 1. The lowest BCUT2D eigenvalue weighted by atomic mass is 10.2. The standard InChI is InChI=1S/C16H20N2O3S/c1-3-12-6-10-22-14(12)15(19)18-11-13-5-4-7-17-16(13)21-9-8-20-2/h4-7,10H,3,8-9,11H2,1-2H3,(H,18,19). The van der Waals surface area contributed by atoms with E-state index >= 15 is 0 Å². The van der Waals surface area contributed by atoms with Crippen LogP contribution in [0.1, 0.15) is 27.7 Å². The predicted octanol–water partition coefficient (Wildman–Crippen LogP) is 2.66. The molecule has 0 radical (unpaired) electrons. The Morgan fingerprint density at radius 2 is 2.18 bits per heavy atom. The normalized spacial score (nSPS) is 10.5. The summed E-state index contributed by atoms with van der Waals surface area (Å²) in [7, 11) is 1.62. The van der Waals surface area contributed by atoms with Gasteiger partial charge in [-0.05, 0) is 29.5 Å². The van der Waals surface area contributed by atoms with Gasteiger partial charge in [-0.25, -0.2) is 4.98 Å². The third-order valence-corrected chi connectivity index (χ3v) is 4.10. The molecule has 5 nitrogen and oxygen atoms in total. The number of nitrogens with one attached hydrogen (secondary N) is 1. The number of rotatable bonds is 8. The Morgan fingerprint density at radius 1 is 1.32 bits per heavy atom. The molecule has 0 unspecified atom stereocenters. The van der Waals surface area contributed by atoms with Gasteiger partial charge in [0.1, 0.15) is 6.61 Å². The van der Waals surface area contributed by atoms with Gasteiger partial charge in [-0.3, -0.25) is 4.79 Å². The van der Waals surface area contributed by atoms with Crippen LogP contribution in [0.4, 0.5) is 0 Å². The lowest BCUT2D eigenvalue weighted by molar-refractivity contribution is 0.0953. The number of thiophene rings is 1. The molecule has 1 amide bonds. The van der Waals surface area contributed by atoms with Crippen molar-refractivity contribution in [3.05, 3.63) is 45.8 Å². The Hall–Kier alpha value is -1.92. The lowest BCUT2D eigenvalue weighted by Crippen LogP contribution is -2.23. The molecular weight excluding hydrogens is 300 g/mol. The molecule has 1 N–H and O–H groups in total. The highest BCUT2D eigenvalue weighted by Gasteiger charge is 2.13. The molecule has 0 aliphatic heterocycles. The summed E-state index contributed by atoms with van der Waals surface area (Å²) in [6.07, 6.45) is 2.52. The number of aromatic nitrogens is 1. The first kappa shape index (κ1) is 16.5. The molecule has 0 saturated heterocycles. The van der Waals surface area contributed by atoms with E-state index in [-0.39, 0.29) is 5.91 Å². The second-order valence-electron chi connectivity index (χ2n) is 4.62. The minimum atomic E-state index is -0.0569. The number of ether oxygens (including phenoxy) is 2. The highest BCUT2D eigenvalue weighted by Crippen LogP contribution is 2.18. The van der Waals surface area contributed by atoms with Crippen LogP contribution >= 0.6 is 11.3 Å². The molecule has 0 aliphatic carbocycles. The maximum Gasteiger partial charge on any atom is 0.261 e. The Kier molecular flexibility index (Phi) is 6.36. The molecule has 0 saturated carbocycles. The topological polar surface area (TPSA) is 60.5 Å². The molecule has 0 bridgehead atoms. The van der Waals surface area contributed by atoms with E-state index in [0.29, 0.717) is 25.6 Å². The molecular formula is C16H20N2O3S. The van der Waals surface area contributed by atoms with Crippen molar-refractivity contribution in [3.8, 4) is 5.88 Å². The van der Waals surface area contributed by atoms with Crippen molar-refractivity contribution in [1.82, 2.24) is 10.3 Å². The first-order valence-corrected chi connectivity index (χ1v) is 8.04. The van der Waals surface area contributed by atoms with Crippen LogP contribution in [0.3, 0.4) is 0 Å². The van der Waals surface area contributed by atoms with Crippen molar-refractivity contribution in [3.63, 3.8) is 0 Å². The fraction of sp³-hybridized carbons (Fsp3) is 0.375. The van der Waals surface area contributed by atoms with Gasteiger partial charge in [-0.15, -0.1) is 11.3 Å². The number of nitrogens with zero attached hydrogens (tertiary/aromatic N) is 1. The van der Waals surface area contributed by atoms with Crippen molar-refractivity contribution >= 4 is 17.2 Å². The Labute approximate surface area is 134 Å². The molecule has 0 aromatic carbocycles. The Morgan fingerprint density at radius 3 is 2.95 bits per heavy atom. The van der Waals surface area contributed by atoms with Crippen LogP contribution in [0.2, 0.25) is 0 Å². The van der Waals surface area contributed by atoms with Crippen LogP contribution in [0.15, 0.2) is 29.8 Å². The second-order valence-corrected chi connectivity index (χ2v) is 5.54. The van der Waals surface area contributed by atoms with Gasteiger partial charge in [-0.1, -0.05) is 13.0 Å². The Balaban J connectivity index is 1.98. The number of methoxy groups -OCH3 is 1. The zero-order valence-electron chi connectivity index (χ0n) is 12.8. The average Bonchev–Trinajstić information content (AvgIpc) is 3.02. The highest BCUT2D eigenvalue weighted by molar-refractivity contribution is 7.12. The minimum Gasteiger partial charge on any atom is -0.475 e. The van der Waals surface area contributed by atoms with Crippen molar-refractivity contribution in [2.75, 3.05) is 20.3 Å². The fourth-order valence-corrected chi connectivity index (χ4v) is 2.89. The van der Waals surface area contributed by atoms with Gasteiger partial charge in [0.15, 0.2) is 0 Å². The first-order chi connectivity index (χ1) is 10.8. The summed E-state index contributed by atoms with van der Waals surface area (Å²) in [6.45, 7) is 3.36. The molecule has 0 aliphatic rings. The number of aryl methyl sites for hydroxylation is 1. The molecule has 2 heterocycles. The largest absolute Gasteiger partial charge is 0.475 e. The van der Waals surface area contributed by atoms with Crippen molar-refractivity contribution in [2.45, 2.75) is 19.9 Å². The molecule has 2 aromatic rings. The summed E-state index contributed by atoms with van der Waals surface area (Å²) in [5, 5.41) is 4.87. The zero-order valence-corrected chi connectivity index (χ0v) is 13.6. The maximum atomic E-state index is 12.2. The molecule has 22 heavy (non-hydrogen) atoms. The van der Waals surface area contributed by atoms with Gasteiger partial charge in [0.25, 0.3) is 5.91 Å². The highest BCUT2D eigenvalue weighted by atomic mass is 32.1. The van der Waals surface area contributed by atoms with Crippen LogP contribution in [0, 0.1) is 0 Å². The predicted molar refractivity (Wildman–Crippen MR) is 86.5 cm³/mol. The molecule has 6 heteroatoms. The van der Waals surface area contributed by atoms with E-state index in [1.54, 1.807) is 13.3 Å². The average molecular weight is 320 g/mol. The van der Waals surface area contributed by atoms with Crippen molar-refractivity contribution < 1.29 is 14.3 Å². The van der Waals surface area contributed by atoms with Crippen LogP contribution in [-0.4, -0.2) is 31.2 Å². The van der Waals surface area contributed by atoms with E-state index in [1.807, 2.05) is 30.5 Å². The number of carbonyl (C=O) groups excluding carboxylic acids is 1. The van der Waals surface area contributed by atoms with Gasteiger partial charge < -0.3 is 14.8 Å². The number of pyridine rings is 1. The monoisotopic (exact) mass is 320 g/mol. The third kappa shape index (κ3) is 4.29. The number of hydrogen-bond donors (Lipinski definition) is 1. The molecule has 2 aromatic heterocycles. The van der Waals surface area contributed by atoms with E-state index in [4.69, 9.17) is 9.47 Å².